The summed E-state index contributed by atoms with van der Waals surface area (Å²) in [6, 6.07) is 5.48. The first-order chi connectivity index (χ1) is 5.59. The fourth-order valence-electron chi connectivity index (χ4n) is 1.06. The van der Waals surface area contributed by atoms with E-state index in [1.54, 1.807) is 6.07 Å². The fourth-order valence-corrected chi connectivity index (χ4v) is 1.06. The maximum absolute atomic E-state index is 10.2. The second-order valence-corrected chi connectivity index (χ2v) is 2.73. The van der Waals surface area contributed by atoms with Crippen LogP contribution >= 0.6 is 0 Å². The largest absolute Gasteiger partial charge is 0.530 e. The molecule has 3 nitrogen and oxygen atoms in total. The highest BCUT2D eigenvalue weighted by molar-refractivity contribution is 5.82. The molecule has 64 valence electrons. The number of amides is 1. The van der Waals surface area contributed by atoms with Gasteiger partial charge in [-0.3, -0.25) is 0 Å². The second kappa shape index (κ2) is 3.26. The Morgan fingerprint density at radius 2 is 2.08 bits per heavy atom. The number of rotatable bonds is 1. The van der Waals surface area contributed by atoms with Crippen LogP contribution in [0, 0.1) is 13.8 Å². The minimum absolute atomic E-state index is 0.584. The molecule has 0 fully saturated rings. The van der Waals surface area contributed by atoms with Crippen molar-refractivity contribution in [3.8, 4) is 0 Å². The summed E-state index contributed by atoms with van der Waals surface area (Å²) in [5.74, 6) is 0. The van der Waals surface area contributed by atoms with E-state index < -0.39 is 6.09 Å². The first-order valence-electron chi connectivity index (χ1n) is 3.65. The van der Waals surface area contributed by atoms with E-state index >= 15 is 0 Å². The van der Waals surface area contributed by atoms with Crippen molar-refractivity contribution < 1.29 is 9.90 Å². The maximum Gasteiger partial charge on any atom is 0.138 e. The zero-order chi connectivity index (χ0) is 9.14. The Bertz CT molecular complexity index is 307. The molecule has 0 saturated carbocycles. The van der Waals surface area contributed by atoms with Crippen molar-refractivity contribution in [2.24, 2.45) is 0 Å². The SMILES string of the molecule is Cc1ccc(NC(=O)[O-])c(C)c1. The first-order valence-corrected chi connectivity index (χ1v) is 3.65. The van der Waals surface area contributed by atoms with Crippen LogP contribution in [0.3, 0.4) is 0 Å². The van der Waals surface area contributed by atoms with E-state index in [0.717, 1.165) is 11.1 Å². The van der Waals surface area contributed by atoms with Crippen molar-refractivity contribution in [2.45, 2.75) is 13.8 Å². The number of anilines is 1. The number of nitrogens with one attached hydrogen (secondary N) is 1. The lowest BCUT2D eigenvalue weighted by Gasteiger charge is -2.09. The van der Waals surface area contributed by atoms with Gasteiger partial charge in [0.1, 0.15) is 6.09 Å². The lowest BCUT2D eigenvalue weighted by atomic mass is 10.1. The van der Waals surface area contributed by atoms with Gasteiger partial charge in [0, 0.05) is 5.69 Å². The number of benzene rings is 1. The quantitative estimate of drug-likeness (QED) is 0.674. The van der Waals surface area contributed by atoms with Crippen LogP contribution in [0.5, 0.6) is 0 Å². The Kier molecular flexibility index (Phi) is 2.33. The molecule has 0 aliphatic rings. The lowest BCUT2D eigenvalue weighted by molar-refractivity contribution is -0.242. The van der Waals surface area contributed by atoms with Gasteiger partial charge in [-0.25, -0.2) is 0 Å². The van der Waals surface area contributed by atoms with Gasteiger partial charge in [0.25, 0.3) is 0 Å². The van der Waals surface area contributed by atoms with Gasteiger partial charge in [0.2, 0.25) is 0 Å². The molecular weight excluding hydrogens is 154 g/mol. The zero-order valence-electron chi connectivity index (χ0n) is 7.05. The van der Waals surface area contributed by atoms with E-state index in [0.29, 0.717) is 5.69 Å². The Balaban J connectivity index is 2.93. The van der Waals surface area contributed by atoms with Crippen LogP contribution in [-0.2, 0) is 0 Å². The number of carbonyl (C=O) groups is 1. The van der Waals surface area contributed by atoms with Crippen molar-refractivity contribution in [3.05, 3.63) is 29.3 Å². The van der Waals surface area contributed by atoms with Crippen LogP contribution < -0.4 is 10.4 Å². The van der Waals surface area contributed by atoms with E-state index in [1.165, 1.54) is 0 Å². The van der Waals surface area contributed by atoms with Gasteiger partial charge < -0.3 is 15.2 Å². The third kappa shape index (κ3) is 1.99. The van der Waals surface area contributed by atoms with Gasteiger partial charge >= 0.3 is 0 Å². The minimum Gasteiger partial charge on any atom is -0.530 e. The van der Waals surface area contributed by atoms with E-state index in [-0.39, 0.29) is 0 Å². The molecular formula is C9H10NO2-. The van der Waals surface area contributed by atoms with Crippen molar-refractivity contribution in [3.63, 3.8) is 0 Å². The number of aryl methyl sites for hydroxylation is 2. The molecule has 1 aromatic rings. The number of carbonyl (C=O) groups excluding carboxylic acids is 1. The summed E-state index contributed by atoms with van der Waals surface area (Å²) in [6.07, 6.45) is -1.28. The fraction of sp³-hybridized carbons (Fsp3) is 0.222. The molecule has 1 amide bonds. The molecule has 0 unspecified atom stereocenters. The van der Waals surface area contributed by atoms with Crippen molar-refractivity contribution in [2.75, 3.05) is 5.32 Å². The molecule has 0 aliphatic heterocycles. The summed E-state index contributed by atoms with van der Waals surface area (Å²) in [5, 5.41) is 12.4. The molecule has 12 heavy (non-hydrogen) atoms. The van der Waals surface area contributed by atoms with E-state index in [4.69, 9.17) is 0 Å². The minimum atomic E-state index is -1.28. The van der Waals surface area contributed by atoms with Gasteiger partial charge in [-0.2, -0.15) is 0 Å². The molecule has 0 aliphatic carbocycles. The first kappa shape index (κ1) is 8.59. The van der Waals surface area contributed by atoms with Crippen molar-refractivity contribution >= 4 is 11.8 Å². The molecule has 0 saturated heterocycles. The van der Waals surface area contributed by atoms with Gasteiger partial charge in [0.05, 0.1) is 0 Å². The van der Waals surface area contributed by atoms with Crippen LogP contribution in [0.2, 0.25) is 0 Å². The number of hydrogen-bond acceptors (Lipinski definition) is 2. The second-order valence-electron chi connectivity index (χ2n) is 2.73. The number of hydrogen-bond donors (Lipinski definition) is 1. The summed E-state index contributed by atoms with van der Waals surface area (Å²) in [5.41, 5.74) is 2.59. The van der Waals surface area contributed by atoms with Crippen LogP contribution in [0.4, 0.5) is 10.5 Å². The van der Waals surface area contributed by atoms with Gasteiger partial charge in [-0.15, -0.1) is 0 Å². The van der Waals surface area contributed by atoms with Crippen molar-refractivity contribution in [1.29, 1.82) is 0 Å². The predicted molar refractivity (Wildman–Crippen MR) is 44.9 cm³/mol. The predicted octanol–water partition coefficient (Wildman–Crippen LogP) is 1.06. The molecule has 0 radical (unpaired) electrons. The molecule has 1 aromatic carbocycles. The van der Waals surface area contributed by atoms with E-state index in [2.05, 4.69) is 5.32 Å². The van der Waals surface area contributed by atoms with Crippen LogP contribution in [0.1, 0.15) is 11.1 Å². The lowest BCUT2D eigenvalue weighted by Crippen LogP contribution is -2.29. The summed E-state index contributed by atoms with van der Waals surface area (Å²) in [7, 11) is 0. The smallest absolute Gasteiger partial charge is 0.138 e. The highest BCUT2D eigenvalue weighted by Gasteiger charge is 1.96. The van der Waals surface area contributed by atoms with E-state index in [1.807, 2.05) is 26.0 Å². The Morgan fingerprint density at radius 3 is 2.58 bits per heavy atom. The Labute approximate surface area is 71.0 Å². The van der Waals surface area contributed by atoms with Gasteiger partial charge in [-0.1, -0.05) is 17.7 Å². The molecule has 1 N–H and O–H groups in total. The summed E-state index contributed by atoms with van der Waals surface area (Å²) in [6.45, 7) is 3.80. The van der Waals surface area contributed by atoms with Crippen molar-refractivity contribution in [1.82, 2.24) is 0 Å². The normalized spacial score (nSPS) is 9.50. The van der Waals surface area contributed by atoms with Crippen LogP contribution in [0.15, 0.2) is 18.2 Å². The topological polar surface area (TPSA) is 52.2 Å². The Morgan fingerprint density at radius 1 is 1.42 bits per heavy atom. The van der Waals surface area contributed by atoms with Crippen LogP contribution in [-0.4, -0.2) is 6.09 Å². The molecule has 0 spiro atoms. The third-order valence-corrected chi connectivity index (χ3v) is 1.62. The van der Waals surface area contributed by atoms with Gasteiger partial charge in [-0.05, 0) is 25.5 Å². The average molecular weight is 164 g/mol. The summed E-state index contributed by atoms with van der Waals surface area (Å²) < 4.78 is 0. The summed E-state index contributed by atoms with van der Waals surface area (Å²) in [4.78, 5) is 10.2. The average Bonchev–Trinajstić information content (AvgIpc) is 1.94. The monoisotopic (exact) mass is 164 g/mol. The molecule has 0 heterocycles. The molecule has 0 aromatic heterocycles. The van der Waals surface area contributed by atoms with E-state index in [9.17, 15) is 9.90 Å². The highest BCUT2D eigenvalue weighted by Crippen LogP contribution is 2.15. The van der Waals surface area contributed by atoms with Gasteiger partial charge in [0.15, 0.2) is 0 Å². The zero-order valence-corrected chi connectivity index (χ0v) is 7.05. The molecule has 3 heteroatoms. The summed E-state index contributed by atoms with van der Waals surface area (Å²) >= 11 is 0. The molecule has 0 atom stereocenters. The molecule has 1 rings (SSSR count). The number of carboxylic acid groups (broad SMARTS) is 1. The molecule has 0 bridgehead atoms. The standard InChI is InChI=1S/C9H11NO2/c1-6-3-4-8(7(2)5-6)10-9(11)12/h3-5,10H,1-2H3,(H,11,12)/p-1. The Hall–Kier alpha value is -1.51. The highest BCUT2D eigenvalue weighted by atomic mass is 16.4. The van der Waals surface area contributed by atoms with Crippen LogP contribution in [0.25, 0.3) is 0 Å². The maximum atomic E-state index is 10.2. The third-order valence-electron chi connectivity index (χ3n) is 1.62.